The predicted octanol–water partition coefficient (Wildman–Crippen LogP) is 2.24. The Hall–Kier alpha value is -1.59. The molecule has 0 radical (unpaired) electrons. The molecule has 20 heavy (non-hydrogen) atoms. The number of imidazole rings is 1. The van der Waals surface area contributed by atoms with E-state index in [-0.39, 0.29) is 5.92 Å². The van der Waals surface area contributed by atoms with Crippen LogP contribution in [0.15, 0.2) is 18.2 Å². The van der Waals surface area contributed by atoms with Gasteiger partial charge in [0.15, 0.2) is 5.69 Å². The van der Waals surface area contributed by atoms with E-state index in [0.717, 1.165) is 31.8 Å². The van der Waals surface area contributed by atoms with E-state index in [1.165, 1.54) is 7.11 Å². The molecule has 1 saturated heterocycles. The summed E-state index contributed by atoms with van der Waals surface area (Å²) in [6.45, 7) is 1.88. The van der Waals surface area contributed by atoms with Gasteiger partial charge in [0.1, 0.15) is 11.0 Å². The number of ether oxygens (including phenoxy) is 1. The van der Waals surface area contributed by atoms with Crippen molar-refractivity contribution in [1.29, 1.82) is 0 Å². The van der Waals surface area contributed by atoms with Gasteiger partial charge in [-0.25, -0.2) is 9.78 Å². The lowest BCUT2D eigenvalue weighted by molar-refractivity contribution is 0.0596. The summed E-state index contributed by atoms with van der Waals surface area (Å²) in [5.74, 6) is 0.660. The Kier molecular flexibility index (Phi) is 3.63. The molecule has 3 rings (SSSR count). The number of nitrogens with zero attached hydrogens (tertiary/aromatic N) is 2. The van der Waals surface area contributed by atoms with Gasteiger partial charge in [-0.15, -0.1) is 0 Å². The van der Waals surface area contributed by atoms with Gasteiger partial charge in [0.05, 0.1) is 12.6 Å². The van der Waals surface area contributed by atoms with Crippen LogP contribution >= 0.6 is 11.6 Å². The maximum atomic E-state index is 11.9. The molecule has 1 N–H and O–H groups in total. The summed E-state index contributed by atoms with van der Waals surface area (Å²) in [6.07, 6.45) is 2.13. The molecule has 1 aliphatic rings. The third kappa shape index (κ3) is 2.17. The number of aromatic nitrogens is 2. The molecule has 0 bridgehead atoms. The first-order chi connectivity index (χ1) is 9.72. The SMILES string of the molecule is COC(=O)c1nc(C2CCCNC2)n2c(Cl)cccc12. The minimum absolute atomic E-state index is 0.259. The van der Waals surface area contributed by atoms with Gasteiger partial charge in [-0.1, -0.05) is 17.7 Å². The summed E-state index contributed by atoms with van der Waals surface area (Å²) >= 11 is 6.29. The standard InChI is InChI=1S/C14H16ClN3O2/c1-20-14(19)12-10-5-2-6-11(15)18(10)13(17-12)9-4-3-7-16-8-9/h2,5-6,9,16H,3-4,7-8H2,1H3. The molecule has 0 spiro atoms. The number of pyridine rings is 1. The van der Waals surface area contributed by atoms with Gasteiger partial charge in [0.2, 0.25) is 0 Å². The molecular weight excluding hydrogens is 278 g/mol. The Morgan fingerprint density at radius 2 is 2.40 bits per heavy atom. The molecule has 0 aliphatic carbocycles. The first-order valence-corrected chi connectivity index (χ1v) is 7.06. The molecule has 3 heterocycles. The number of esters is 1. The molecule has 1 atom stereocenters. The van der Waals surface area contributed by atoms with Gasteiger partial charge in [-0.3, -0.25) is 4.40 Å². The van der Waals surface area contributed by atoms with Gasteiger partial charge in [-0.2, -0.15) is 0 Å². The van der Waals surface area contributed by atoms with Crippen LogP contribution in [0.4, 0.5) is 0 Å². The smallest absolute Gasteiger partial charge is 0.358 e. The summed E-state index contributed by atoms with van der Waals surface area (Å²) in [5, 5.41) is 3.92. The topological polar surface area (TPSA) is 55.6 Å². The van der Waals surface area contributed by atoms with Crippen LogP contribution < -0.4 is 5.32 Å². The number of hydrogen-bond donors (Lipinski definition) is 1. The zero-order valence-electron chi connectivity index (χ0n) is 11.2. The van der Waals surface area contributed by atoms with Crippen LogP contribution in [0.1, 0.15) is 35.1 Å². The zero-order chi connectivity index (χ0) is 14.1. The molecule has 1 fully saturated rings. The van der Waals surface area contributed by atoms with E-state index in [4.69, 9.17) is 16.3 Å². The second-order valence-corrected chi connectivity index (χ2v) is 5.31. The van der Waals surface area contributed by atoms with Crippen molar-refractivity contribution in [1.82, 2.24) is 14.7 Å². The van der Waals surface area contributed by atoms with E-state index in [9.17, 15) is 4.79 Å². The van der Waals surface area contributed by atoms with Crippen LogP contribution in [0.25, 0.3) is 5.52 Å². The number of piperidine rings is 1. The maximum absolute atomic E-state index is 11.9. The fourth-order valence-corrected chi connectivity index (χ4v) is 2.97. The average Bonchev–Trinajstić information content (AvgIpc) is 2.88. The van der Waals surface area contributed by atoms with Gasteiger partial charge < -0.3 is 10.1 Å². The number of fused-ring (bicyclic) bond motifs is 1. The van der Waals surface area contributed by atoms with Crippen molar-refractivity contribution in [3.63, 3.8) is 0 Å². The predicted molar refractivity (Wildman–Crippen MR) is 76.4 cm³/mol. The third-order valence-corrected chi connectivity index (χ3v) is 3.98. The van der Waals surface area contributed by atoms with Crippen molar-refractivity contribution in [2.24, 2.45) is 0 Å². The third-order valence-electron chi connectivity index (χ3n) is 3.68. The van der Waals surface area contributed by atoms with Crippen LogP contribution in [0.3, 0.4) is 0 Å². The Balaban J connectivity index is 2.18. The van der Waals surface area contributed by atoms with Crippen molar-refractivity contribution in [2.45, 2.75) is 18.8 Å². The van der Waals surface area contributed by atoms with Crippen molar-refractivity contribution in [3.05, 3.63) is 34.9 Å². The molecule has 6 heteroatoms. The molecule has 2 aromatic heterocycles. The van der Waals surface area contributed by atoms with Gasteiger partial charge in [0.25, 0.3) is 0 Å². The minimum Gasteiger partial charge on any atom is -0.464 e. The van der Waals surface area contributed by atoms with Crippen LogP contribution in [0.5, 0.6) is 0 Å². The molecule has 1 unspecified atom stereocenters. The summed E-state index contributed by atoms with van der Waals surface area (Å²) in [5.41, 5.74) is 1.03. The van der Waals surface area contributed by atoms with Gasteiger partial charge >= 0.3 is 5.97 Å². The van der Waals surface area contributed by atoms with Crippen molar-refractivity contribution in [3.8, 4) is 0 Å². The van der Waals surface area contributed by atoms with E-state index < -0.39 is 5.97 Å². The fourth-order valence-electron chi connectivity index (χ4n) is 2.72. The summed E-state index contributed by atoms with van der Waals surface area (Å²) in [6, 6.07) is 5.45. The Bertz CT molecular complexity index is 647. The van der Waals surface area contributed by atoms with Crippen LogP contribution in [-0.2, 0) is 4.74 Å². The maximum Gasteiger partial charge on any atom is 0.358 e. The normalized spacial score (nSPS) is 19.2. The summed E-state index contributed by atoms with van der Waals surface area (Å²) in [4.78, 5) is 16.4. The number of rotatable bonds is 2. The summed E-state index contributed by atoms with van der Waals surface area (Å²) < 4.78 is 6.66. The molecule has 106 valence electrons. The van der Waals surface area contributed by atoms with E-state index >= 15 is 0 Å². The minimum atomic E-state index is -0.431. The van der Waals surface area contributed by atoms with Crippen molar-refractivity contribution >= 4 is 23.1 Å². The zero-order valence-corrected chi connectivity index (χ0v) is 12.0. The lowest BCUT2D eigenvalue weighted by atomic mass is 9.99. The largest absolute Gasteiger partial charge is 0.464 e. The Labute approximate surface area is 121 Å². The molecular formula is C14H16ClN3O2. The first kappa shape index (κ1) is 13.4. The second-order valence-electron chi connectivity index (χ2n) is 4.92. The van der Waals surface area contributed by atoms with E-state index in [1.54, 1.807) is 6.07 Å². The Morgan fingerprint density at radius 1 is 1.55 bits per heavy atom. The highest BCUT2D eigenvalue weighted by molar-refractivity contribution is 6.30. The molecule has 1 aliphatic heterocycles. The molecule has 0 saturated carbocycles. The number of hydrogen-bond acceptors (Lipinski definition) is 4. The van der Waals surface area contributed by atoms with Gasteiger partial charge in [-0.05, 0) is 31.5 Å². The molecule has 2 aromatic rings. The number of carbonyl (C=O) groups is 1. The van der Waals surface area contributed by atoms with Crippen LogP contribution in [0.2, 0.25) is 5.15 Å². The quantitative estimate of drug-likeness (QED) is 0.681. The van der Waals surface area contributed by atoms with E-state index in [1.807, 2.05) is 16.5 Å². The average molecular weight is 294 g/mol. The van der Waals surface area contributed by atoms with E-state index in [2.05, 4.69) is 10.3 Å². The lowest BCUT2D eigenvalue weighted by Gasteiger charge is -2.21. The molecule has 0 amide bonds. The van der Waals surface area contributed by atoms with E-state index in [0.29, 0.717) is 16.4 Å². The molecule has 0 aromatic carbocycles. The highest BCUT2D eigenvalue weighted by Crippen LogP contribution is 2.28. The lowest BCUT2D eigenvalue weighted by Crippen LogP contribution is -2.29. The van der Waals surface area contributed by atoms with Crippen molar-refractivity contribution in [2.75, 3.05) is 20.2 Å². The Morgan fingerprint density at radius 3 is 3.10 bits per heavy atom. The number of carbonyl (C=O) groups excluding carboxylic acids is 1. The highest BCUT2D eigenvalue weighted by atomic mass is 35.5. The fraction of sp³-hybridized carbons (Fsp3) is 0.429. The number of nitrogens with one attached hydrogen (secondary N) is 1. The summed E-state index contributed by atoms with van der Waals surface area (Å²) in [7, 11) is 1.36. The second kappa shape index (κ2) is 5.42. The monoisotopic (exact) mass is 293 g/mol. The molecule has 5 nitrogen and oxygen atoms in total. The first-order valence-electron chi connectivity index (χ1n) is 6.68. The number of halogens is 1. The van der Waals surface area contributed by atoms with Crippen LogP contribution in [0, 0.1) is 0 Å². The number of methoxy groups -OCH3 is 1. The van der Waals surface area contributed by atoms with Crippen molar-refractivity contribution < 1.29 is 9.53 Å². The van der Waals surface area contributed by atoms with Crippen LogP contribution in [-0.4, -0.2) is 35.6 Å². The van der Waals surface area contributed by atoms with Gasteiger partial charge in [0, 0.05) is 12.5 Å². The highest BCUT2D eigenvalue weighted by Gasteiger charge is 2.25.